The summed E-state index contributed by atoms with van der Waals surface area (Å²) in [5, 5.41) is 2.88. The van der Waals surface area contributed by atoms with Gasteiger partial charge in [-0.15, -0.1) is 0 Å². The van der Waals surface area contributed by atoms with Crippen molar-refractivity contribution in [3.8, 4) is 0 Å². The van der Waals surface area contributed by atoms with Crippen LogP contribution in [0.25, 0.3) is 0 Å². The molecule has 0 saturated carbocycles. The van der Waals surface area contributed by atoms with Gasteiger partial charge in [-0.05, 0) is 43.6 Å². The third kappa shape index (κ3) is 10.9. The molecule has 1 N–H and O–H groups in total. The number of nitrogens with one attached hydrogen (secondary N) is 1. The lowest BCUT2D eigenvalue weighted by atomic mass is 9.71. The Kier molecular flexibility index (Phi) is 15.4. The Morgan fingerprint density at radius 2 is 1.71 bits per heavy atom. The first kappa shape index (κ1) is 36.4. The minimum atomic E-state index is -0.369. The first-order chi connectivity index (χ1) is 19.2. The lowest BCUT2D eigenvalue weighted by Crippen LogP contribution is -2.48. The normalized spacial score (nSPS) is 17.1. The molecule has 41 heavy (non-hydrogen) atoms. The van der Waals surface area contributed by atoms with Crippen LogP contribution in [-0.2, 0) is 24.5 Å². The molecule has 0 aliphatic carbocycles. The summed E-state index contributed by atoms with van der Waals surface area (Å²) in [6.45, 7) is 19.7. The lowest BCUT2D eigenvalue weighted by molar-refractivity contribution is -0.135. The summed E-state index contributed by atoms with van der Waals surface area (Å²) in [6, 6.07) is 9.84. The van der Waals surface area contributed by atoms with Crippen LogP contribution < -0.4 is 5.32 Å². The smallest absolute Gasteiger partial charge is 0.249 e. The molecule has 2 rings (SSSR count). The molecule has 7 heteroatoms. The van der Waals surface area contributed by atoms with Crippen molar-refractivity contribution in [2.75, 3.05) is 33.9 Å². The third-order valence-corrected chi connectivity index (χ3v) is 7.81. The maximum Gasteiger partial charge on any atom is 0.249 e. The maximum absolute atomic E-state index is 13.2. The first-order valence-corrected chi connectivity index (χ1v) is 15.3. The van der Waals surface area contributed by atoms with Gasteiger partial charge in [0, 0.05) is 37.6 Å². The number of carbonyl (C=O) groups is 3. The second-order valence-corrected chi connectivity index (χ2v) is 12.8. The second kappa shape index (κ2) is 17.3. The topological polar surface area (TPSA) is 79.0 Å². The van der Waals surface area contributed by atoms with Gasteiger partial charge in [0.15, 0.2) is 0 Å². The third-order valence-electron chi connectivity index (χ3n) is 7.81. The number of nitrogens with zero attached hydrogens (tertiary/aromatic N) is 2. The van der Waals surface area contributed by atoms with E-state index in [9.17, 15) is 14.4 Å². The van der Waals surface area contributed by atoms with Crippen molar-refractivity contribution in [2.24, 2.45) is 17.8 Å². The molecular weight excluding hydrogens is 514 g/mol. The molecule has 1 aromatic rings. The molecule has 232 valence electrons. The van der Waals surface area contributed by atoms with Crippen LogP contribution >= 0.6 is 0 Å². The molecule has 0 unspecified atom stereocenters. The summed E-state index contributed by atoms with van der Waals surface area (Å²) in [5.74, 6) is 0.345. The van der Waals surface area contributed by atoms with Gasteiger partial charge in [0.1, 0.15) is 0 Å². The van der Waals surface area contributed by atoms with Crippen molar-refractivity contribution in [1.82, 2.24) is 15.1 Å². The van der Waals surface area contributed by atoms with Crippen LogP contribution in [0, 0.1) is 17.8 Å². The van der Waals surface area contributed by atoms with Crippen molar-refractivity contribution in [3.63, 3.8) is 0 Å². The minimum absolute atomic E-state index is 0.00622. The number of rotatable bonds is 12. The van der Waals surface area contributed by atoms with Gasteiger partial charge in [-0.2, -0.15) is 0 Å². The number of hydrogen-bond donors (Lipinski definition) is 1. The fraction of sp³-hybridized carbons (Fsp3) is 0.676. The molecule has 1 aliphatic heterocycles. The lowest BCUT2D eigenvalue weighted by Gasteiger charge is -2.34. The zero-order chi connectivity index (χ0) is 31.3. The van der Waals surface area contributed by atoms with Gasteiger partial charge in [-0.3, -0.25) is 14.4 Å². The molecule has 3 amide bonds. The van der Waals surface area contributed by atoms with Crippen LogP contribution in [-0.4, -0.2) is 73.5 Å². The highest BCUT2D eigenvalue weighted by Gasteiger charge is 2.36. The van der Waals surface area contributed by atoms with Crippen LogP contribution in [0.4, 0.5) is 0 Å². The molecular formula is C34H57N3O4. The van der Waals surface area contributed by atoms with Gasteiger partial charge in [-0.1, -0.05) is 91.8 Å². The van der Waals surface area contributed by atoms with Crippen LogP contribution in [0.2, 0.25) is 0 Å². The second-order valence-electron chi connectivity index (χ2n) is 12.8. The number of carbonyl (C=O) groups excluding carboxylic acids is 3. The maximum atomic E-state index is 13.2. The van der Waals surface area contributed by atoms with Crippen molar-refractivity contribution in [3.05, 3.63) is 47.5 Å². The van der Waals surface area contributed by atoms with E-state index in [-0.39, 0.29) is 53.6 Å². The Balaban J connectivity index is 0.00000196. The van der Waals surface area contributed by atoms with Gasteiger partial charge in [0.2, 0.25) is 17.7 Å². The average Bonchev–Trinajstić information content (AvgIpc) is 3.38. The number of likely N-dealkylation sites (N-methyl/N-ethyl adjacent to an activating group) is 1. The fourth-order valence-electron chi connectivity index (χ4n) is 5.44. The summed E-state index contributed by atoms with van der Waals surface area (Å²) < 4.78 is 5.29. The summed E-state index contributed by atoms with van der Waals surface area (Å²) in [7, 11) is 3.39. The van der Waals surface area contributed by atoms with Gasteiger partial charge in [0.25, 0.3) is 0 Å². The number of likely N-dealkylation sites (tertiary alicyclic amines) is 1. The van der Waals surface area contributed by atoms with Crippen LogP contribution in [0.3, 0.4) is 0 Å². The van der Waals surface area contributed by atoms with E-state index >= 15 is 0 Å². The summed E-state index contributed by atoms with van der Waals surface area (Å²) in [6.07, 6.45) is 4.47. The molecule has 1 saturated heterocycles. The standard InChI is InChI=1S/C30H47N3O4.C4H10/c1-9-25(30(5,6)23-14-11-10-12-15-23)28(35)31-19-27(34)32(7)26(21(2)3)18-22(4)29(36)33-17-13-16-24(33)20-37-8;1-4(2)3/h10-12,14-15,18,21,24-26H,9,13,16-17,19-20H2,1-8H3,(H,31,35);4H,1-3H3/b22-18+;/t24-,25+,26+;/m0./s1. The molecule has 1 aliphatic rings. The molecule has 0 spiro atoms. The molecule has 3 atom stereocenters. The summed E-state index contributed by atoms with van der Waals surface area (Å²) >= 11 is 0. The summed E-state index contributed by atoms with van der Waals surface area (Å²) in [4.78, 5) is 43.0. The summed E-state index contributed by atoms with van der Waals surface area (Å²) in [5.41, 5.74) is 1.35. The van der Waals surface area contributed by atoms with E-state index < -0.39 is 0 Å². The largest absolute Gasteiger partial charge is 0.383 e. The number of benzene rings is 1. The van der Waals surface area contributed by atoms with E-state index in [4.69, 9.17) is 4.74 Å². The SMILES string of the molecule is CC(C)C.CC[C@H](C(=O)NCC(=O)N(C)[C@H](/C=C(\C)C(=O)N1CCC[C@H]1COC)C(C)C)C(C)(C)c1ccccc1. The number of amides is 3. The van der Waals surface area contributed by atoms with Crippen molar-refractivity contribution < 1.29 is 19.1 Å². The van der Waals surface area contributed by atoms with E-state index in [1.807, 2.05) is 69.0 Å². The van der Waals surface area contributed by atoms with Gasteiger partial charge in [0.05, 0.1) is 25.2 Å². The van der Waals surface area contributed by atoms with E-state index in [1.54, 1.807) is 19.1 Å². The Labute approximate surface area is 250 Å². The predicted molar refractivity (Wildman–Crippen MR) is 169 cm³/mol. The van der Waals surface area contributed by atoms with E-state index in [0.717, 1.165) is 30.9 Å². The van der Waals surface area contributed by atoms with E-state index in [1.165, 1.54) is 0 Å². The molecule has 1 aromatic carbocycles. The molecule has 0 bridgehead atoms. The predicted octanol–water partition coefficient (Wildman–Crippen LogP) is 5.84. The average molecular weight is 572 g/mol. The quantitative estimate of drug-likeness (QED) is 0.320. The van der Waals surface area contributed by atoms with Crippen molar-refractivity contribution in [2.45, 2.75) is 99.1 Å². The highest BCUT2D eigenvalue weighted by Crippen LogP contribution is 2.34. The Morgan fingerprint density at radius 1 is 1.12 bits per heavy atom. The first-order valence-electron chi connectivity index (χ1n) is 15.3. The van der Waals surface area contributed by atoms with Gasteiger partial charge in [-0.25, -0.2) is 0 Å². The number of hydrogen-bond acceptors (Lipinski definition) is 4. The zero-order valence-corrected chi connectivity index (χ0v) is 27.6. The van der Waals surface area contributed by atoms with Crippen molar-refractivity contribution in [1.29, 1.82) is 0 Å². The fourth-order valence-corrected chi connectivity index (χ4v) is 5.44. The van der Waals surface area contributed by atoms with Gasteiger partial charge < -0.3 is 19.9 Å². The Morgan fingerprint density at radius 3 is 2.22 bits per heavy atom. The van der Waals surface area contributed by atoms with Crippen LogP contribution in [0.1, 0.15) is 87.1 Å². The van der Waals surface area contributed by atoms with E-state index in [2.05, 4.69) is 39.9 Å². The Hall–Kier alpha value is -2.67. The van der Waals surface area contributed by atoms with E-state index in [0.29, 0.717) is 18.6 Å². The van der Waals surface area contributed by atoms with Crippen LogP contribution in [0.5, 0.6) is 0 Å². The zero-order valence-electron chi connectivity index (χ0n) is 27.6. The Bertz CT molecular complexity index is 984. The van der Waals surface area contributed by atoms with Crippen molar-refractivity contribution >= 4 is 17.7 Å². The number of ether oxygens (including phenoxy) is 1. The highest BCUT2D eigenvalue weighted by atomic mass is 16.5. The molecule has 0 aromatic heterocycles. The van der Waals surface area contributed by atoms with Crippen LogP contribution in [0.15, 0.2) is 42.0 Å². The number of methoxy groups -OCH3 is 1. The molecule has 0 radical (unpaired) electrons. The molecule has 1 heterocycles. The van der Waals surface area contributed by atoms with Gasteiger partial charge >= 0.3 is 0 Å². The highest BCUT2D eigenvalue weighted by molar-refractivity contribution is 5.93. The monoisotopic (exact) mass is 571 g/mol. The minimum Gasteiger partial charge on any atom is -0.383 e. The molecule has 7 nitrogen and oxygen atoms in total. The molecule has 1 fully saturated rings.